The fourth-order valence-corrected chi connectivity index (χ4v) is 1.67. The molecule has 96 valence electrons. The van der Waals surface area contributed by atoms with Crippen molar-refractivity contribution in [2.75, 3.05) is 0 Å². The fraction of sp³-hybridized carbons (Fsp3) is 0.462. The van der Waals surface area contributed by atoms with Crippen molar-refractivity contribution in [3.05, 3.63) is 23.8 Å². The van der Waals surface area contributed by atoms with Crippen LogP contribution in [0.1, 0.15) is 33.1 Å². The molecule has 1 atom stereocenters. The molecule has 1 aliphatic rings. The molecule has 1 aliphatic carbocycles. The normalized spacial score (nSPS) is 19.1. The number of hydrogen-bond acceptors (Lipinski definition) is 3. The number of rotatable bonds is 4. The summed E-state index contributed by atoms with van der Waals surface area (Å²) in [5.41, 5.74) is 2.90. The Labute approximate surface area is 107 Å². The van der Waals surface area contributed by atoms with Gasteiger partial charge in [0.05, 0.1) is 0 Å². The van der Waals surface area contributed by atoms with Gasteiger partial charge in [0.1, 0.15) is 0 Å². The van der Waals surface area contributed by atoms with Crippen LogP contribution in [0.4, 0.5) is 0 Å². The molecule has 0 N–H and O–H groups in total. The molecule has 0 bridgehead atoms. The van der Waals surface area contributed by atoms with Gasteiger partial charge in [-0.05, 0) is 39.0 Å². The minimum absolute atomic E-state index is 0.396. The van der Waals surface area contributed by atoms with Gasteiger partial charge in [-0.25, -0.2) is 0 Å². The first kappa shape index (κ1) is 16.0. The van der Waals surface area contributed by atoms with Gasteiger partial charge in [-0.2, -0.15) is 0 Å². The molecule has 3 nitrogen and oxygen atoms in total. The van der Waals surface area contributed by atoms with Crippen molar-refractivity contribution in [1.29, 1.82) is 0 Å². The van der Waals surface area contributed by atoms with E-state index in [1.54, 1.807) is 5.57 Å². The molecule has 0 radical (unpaired) electrons. The molecule has 0 fully saturated rings. The Morgan fingerprint density at radius 3 is 2.12 bits per heavy atom. The van der Waals surface area contributed by atoms with Crippen molar-refractivity contribution >= 4 is 15.6 Å². The van der Waals surface area contributed by atoms with E-state index in [4.69, 9.17) is 0 Å². The monoisotopic (exact) mass is 278 g/mol. The summed E-state index contributed by atoms with van der Waals surface area (Å²) < 4.78 is 0. The summed E-state index contributed by atoms with van der Waals surface area (Å²) in [6.45, 7) is 8.33. The van der Waals surface area contributed by atoms with E-state index in [2.05, 4.69) is 26.5 Å². The van der Waals surface area contributed by atoms with E-state index in [9.17, 15) is 14.4 Å². The zero-order chi connectivity index (χ0) is 13.3. The van der Waals surface area contributed by atoms with Gasteiger partial charge in [0.2, 0.25) is 0 Å². The number of hydrogen-bond donors (Lipinski definition) is 0. The van der Waals surface area contributed by atoms with Gasteiger partial charge < -0.3 is 0 Å². The Morgan fingerprint density at radius 2 is 1.88 bits per heavy atom. The van der Waals surface area contributed by atoms with E-state index in [1.807, 2.05) is 0 Å². The predicted molar refractivity (Wildman–Crippen MR) is 66.2 cm³/mol. The SMILES string of the molecule is C=C(C)C1CC=C(C)CC1.O=[CH][Mn]([CH]=O)[CH]=O. The van der Waals surface area contributed by atoms with Crippen LogP contribution in [-0.4, -0.2) is 15.6 Å². The van der Waals surface area contributed by atoms with E-state index in [1.165, 1.54) is 24.8 Å². The quantitative estimate of drug-likeness (QED) is 0.451. The number of carbonyl (C=O) groups is 3. The van der Waals surface area contributed by atoms with Crippen LogP contribution in [0.3, 0.4) is 0 Å². The first-order valence-electron chi connectivity index (χ1n) is 5.37. The summed E-state index contributed by atoms with van der Waals surface area (Å²) in [7, 11) is 0. The third kappa shape index (κ3) is 7.03. The van der Waals surface area contributed by atoms with E-state index < -0.39 is 13.9 Å². The summed E-state index contributed by atoms with van der Waals surface area (Å²) in [4.78, 5) is 28.7. The second-order valence-corrected chi connectivity index (χ2v) is 6.03. The van der Waals surface area contributed by atoms with Gasteiger partial charge in [-0.3, -0.25) is 0 Å². The van der Waals surface area contributed by atoms with Crippen LogP contribution < -0.4 is 0 Å². The average molecular weight is 278 g/mol. The van der Waals surface area contributed by atoms with E-state index in [0.29, 0.717) is 15.6 Å². The maximum absolute atomic E-state index is 9.55. The summed E-state index contributed by atoms with van der Waals surface area (Å²) in [5.74, 6) is 0.767. The van der Waals surface area contributed by atoms with Crippen LogP contribution >= 0.6 is 0 Å². The molecule has 4 heteroatoms. The van der Waals surface area contributed by atoms with Gasteiger partial charge >= 0.3 is 43.8 Å². The van der Waals surface area contributed by atoms with E-state index >= 15 is 0 Å². The standard InChI is InChI=1S/C10H16.3CHO.Mn/c1-8(2)10-6-4-9(3)5-7-10;3*1-2;/h4,10H,1,5-7H2,2-3H3;3*1H;. The minimum atomic E-state index is -1.92. The molecule has 0 aliphatic heterocycles. The van der Waals surface area contributed by atoms with Crippen LogP contribution in [0.5, 0.6) is 0 Å². The molecule has 0 aromatic carbocycles. The van der Waals surface area contributed by atoms with Crippen LogP contribution in [-0.2, 0) is 28.3 Å². The molecule has 0 spiro atoms. The maximum atomic E-state index is 9.55. The summed E-state index contributed by atoms with van der Waals surface area (Å²) in [5, 5.41) is 1.19. The van der Waals surface area contributed by atoms with Crippen molar-refractivity contribution in [3.63, 3.8) is 0 Å². The van der Waals surface area contributed by atoms with Crippen molar-refractivity contribution in [1.82, 2.24) is 0 Å². The molecule has 0 saturated carbocycles. The topological polar surface area (TPSA) is 51.2 Å². The molecule has 0 aromatic rings. The van der Waals surface area contributed by atoms with Crippen molar-refractivity contribution < 1.29 is 28.3 Å². The molecule has 0 saturated heterocycles. The van der Waals surface area contributed by atoms with Gasteiger partial charge in [0, 0.05) is 0 Å². The summed E-state index contributed by atoms with van der Waals surface area (Å²) >= 11 is -1.92. The zero-order valence-corrected chi connectivity index (χ0v) is 11.5. The average Bonchev–Trinajstić information content (AvgIpc) is 2.32. The Bertz CT molecular complexity index is 302. The Kier molecular flexibility index (Phi) is 8.55. The fourth-order valence-electron chi connectivity index (χ4n) is 1.48. The van der Waals surface area contributed by atoms with E-state index in [-0.39, 0.29) is 0 Å². The number of carbonyl (C=O) groups excluding carboxylic acids is 3. The Balaban J connectivity index is 0.000000325. The third-order valence-electron chi connectivity index (χ3n) is 2.64. The Morgan fingerprint density at radius 1 is 1.35 bits per heavy atom. The second-order valence-electron chi connectivity index (χ2n) is 4.01. The van der Waals surface area contributed by atoms with Gasteiger partial charge in [0.25, 0.3) is 0 Å². The van der Waals surface area contributed by atoms with Crippen LogP contribution in [0, 0.1) is 5.92 Å². The Hall–Kier alpha value is -0.991. The molecule has 1 rings (SSSR count). The van der Waals surface area contributed by atoms with Gasteiger partial charge in [-0.1, -0.05) is 23.8 Å². The van der Waals surface area contributed by atoms with Gasteiger partial charge in [0.15, 0.2) is 0 Å². The summed E-state index contributed by atoms with van der Waals surface area (Å²) in [6, 6.07) is 0. The number of allylic oxidation sites excluding steroid dienone is 3. The van der Waals surface area contributed by atoms with Gasteiger partial charge in [-0.15, -0.1) is 0 Å². The first-order valence-corrected chi connectivity index (χ1v) is 7.42. The molecule has 1 unspecified atom stereocenters. The summed E-state index contributed by atoms with van der Waals surface area (Å²) in [6.07, 6.45) is 6.17. The van der Waals surface area contributed by atoms with Crippen molar-refractivity contribution in [2.24, 2.45) is 5.92 Å². The third-order valence-corrected chi connectivity index (χ3v) is 3.61. The van der Waals surface area contributed by atoms with E-state index in [0.717, 1.165) is 5.92 Å². The van der Waals surface area contributed by atoms with Crippen LogP contribution in [0.15, 0.2) is 23.8 Å². The van der Waals surface area contributed by atoms with Crippen LogP contribution in [0.2, 0.25) is 0 Å². The molecule has 17 heavy (non-hydrogen) atoms. The van der Waals surface area contributed by atoms with Crippen molar-refractivity contribution in [2.45, 2.75) is 33.1 Å². The first-order chi connectivity index (χ1) is 8.04. The molecular weight excluding hydrogens is 259 g/mol. The molecule has 0 aromatic heterocycles. The molecule has 0 heterocycles. The molecular formula is C13H19MnO3. The van der Waals surface area contributed by atoms with Crippen LogP contribution in [0.25, 0.3) is 0 Å². The zero-order valence-electron chi connectivity index (χ0n) is 10.3. The predicted octanol–water partition coefficient (Wildman–Crippen LogP) is 2.48. The molecule has 0 amide bonds. The van der Waals surface area contributed by atoms with Crippen molar-refractivity contribution in [3.8, 4) is 0 Å². The second kappa shape index (κ2) is 9.08.